The van der Waals surface area contributed by atoms with Crippen LogP contribution in [0.25, 0.3) is 0 Å². The van der Waals surface area contributed by atoms with Crippen molar-refractivity contribution in [3.63, 3.8) is 0 Å². The van der Waals surface area contributed by atoms with Gasteiger partial charge in [0.15, 0.2) is 0 Å². The van der Waals surface area contributed by atoms with E-state index in [9.17, 15) is 14.0 Å². The molecule has 0 spiro atoms. The molecule has 2 N–H and O–H groups in total. The minimum Gasteiger partial charge on any atom is -0.381 e. The molecule has 1 unspecified atom stereocenters. The lowest BCUT2D eigenvalue weighted by Gasteiger charge is -2.33. The number of halogens is 1. The van der Waals surface area contributed by atoms with Gasteiger partial charge in [-0.25, -0.2) is 9.37 Å². The molecular weight excluding hydrogens is 399 g/mol. The van der Waals surface area contributed by atoms with Gasteiger partial charge in [-0.1, -0.05) is 19.1 Å². The van der Waals surface area contributed by atoms with Crippen molar-refractivity contribution in [1.82, 2.24) is 10.3 Å². The van der Waals surface area contributed by atoms with E-state index in [0.29, 0.717) is 49.2 Å². The zero-order valence-corrected chi connectivity index (χ0v) is 17.6. The van der Waals surface area contributed by atoms with E-state index in [0.717, 1.165) is 18.4 Å². The summed E-state index contributed by atoms with van der Waals surface area (Å²) in [5, 5.41) is 6.03. The first-order valence-electron chi connectivity index (χ1n) is 10.7. The van der Waals surface area contributed by atoms with E-state index in [1.807, 2.05) is 6.92 Å². The maximum atomic E-state index is 13.2. The molecule has 31 heavy (non-hydrogen) atoms. The van der Waals surface area contributed by atoms with Crippen molar-refractivity contribution < 1.29 is 18.7 Å². The molecule has 1 fully saturated rings. The number of pyridine rings is 1. The van der Waals surface area contributed by atoms with Crippen molar-refractivity contribution in [2.45, 2.75) is 32.2 Å². The summed E-state index contributed by atoms with van der Waals surface area (Å²) in [6.45, 7) is 4.16. The minimum atomic E-state index is -0.314. The molecule has 0 bridgehead atoms. The molecule has 2 amide bonds. The SMILES string of the molecule is CCC(NC(=O)c1cnc2c(c1)N(CC1CCOCC1)C(=O)CN2)c1ccc(F)cc1. The molecule has 2 aliphatic heterocycles. The van der Waals surface area contributed by atoms with Gasteiger partial charge in [-0.3, -0.25) is 9.59 Å². The zero-order chi connectivity index (χ0) is 21.8. The van der Waals surface area contributed by atoms with Gasteiger partial charge in [0.25, 0.3) is 5.91 Å². The number of fused-ring (bicyclic) bond motifs is 1. The zero-order valence-electron chi connectivity index (χ0n) is 17.6. The maximum Gasteiger partial charge on any atom is 0.253 e. The predicted molar refractivity (Wildman–Crippen MR) is 116 cm³/mol. The number of aromatic nitrogens is 1. The summed E-state index contributed by atoms with van der Waals surface area (Å²) in [4.78, 5) is 31.7. The third-order valence-electron chi connectivity index (χ3n) is 5.90. The van der Waals surface area contributed by atoms with Crippen LogP contribution in [0.3, 0.4) is 0 Å². The summed E-state index contributed by atoms with van der Waals surface area (Å²) in [5.41, 5.74) is 1.85. The van der Waals surface area contributed by atoms with Crippen LogP contribution in [0.15, 0.2) is 36.5 Å². The van der Waals surface area contributed by atoms with Gasteiger partial charge in [0.1, 0.15) is 11.6 Å². The Balaban J connectivity index is 1.53. The number of hydrogen-bond donors (Lipinski definition) is 2. The van der Waals surface area contributed by atoms with Gasteiger partial charge < -0.3 is 20.3 Å². The smallest absolute Gasteiger partial charge is 0.253 e. The second-order valence-corrected chi connectivity index (χ2v) is 7.99. The van der Waals surface area contributed by atoms with Gasteiger partial charge in [-0.05, 0) is 48.9 Å². The topological polar surface area (TPSA) is 83.6 Å². The average Bonchev–Trinajstić information content (AvgIpc) is 2.80. The number of carbonyl (C=O) groups is 2. The van der Waals surface area contributed by atoms with Crippen molar-refractivity contribution in [3.8, 4) is 0 Å². The summed E-state index contributed by atoms with van der Waals surface area (Å²) in [5.74, 6) is 0.343. The van der Waals surface area contributed by atoms with Gasteiger partial charge in [-0.2, -0.15) is 0 Å². The Labute approximate surface area is 181 Å². The summed E-state index contributed by atoms with van der Waals surface area (Å²) in [6.07, 6.45) is 4.00. The lowest BCUT2D eigenvalue weighted by molar-refractivity contribution is -0.117. The van der Waals surface area contributed by atoms with Crippen LogP contribution in [0, 0.1) is 11.7 Å². The Hall–Kier alpha value is -3.00. The first kappa shape index (κ1) is 21.2. The first-order valence-corrected chi connectivity index (χ1v) is 10.7. The molecule has 2 aromatic rings. The molecule has 0 saturated carbocycles. The van der Waals surface area contributed by atoms with E-state index < -0.39 is 0 Å². The Kier molecular flexibility index (Phi) is 6.46. The summed E-state index contributed by atoms with van der Waals surface area (Å²) < 4.78 is 18.7. The largest absolute Gasteiger partial charge is 0.381 e. The monoisotopic (exact) mass is 426 g/mol. The van der Waals surface area contributed by atoms with Crippen LogP contribution in [0.4, 0.5) is 15.9 Å². The van der Waals surface area contributed by atoms with Crippen LogP contribution < -0.4 is 15.5 Å². The van der Waals surface area contributed by atoms with Gasteiger partial charge >= 0.3 is 0 Å². The number of carbonyl (C=O) groups excluding carboxylic acids is 2. The molecular formula is C23H27FN4O3. The number of amides is 2. The molecule has 2 aliphatic rings. The standard InChI is InChI=1S/C23H27FN4O3/c1-2-19(16-3-5-18(24)6-4-16)27-23(30)17-11-20-22(25-12-17)26-13-21(29)28(20)14-15-7-9-31-10-8-15/h3-6,11-12,15,19H,2,7-10,13-14H2,1H3,(H,25,26)(H,27,30). The summed E-state index contributed by atoms with van der Waals surface area (Å²) >= 11 is 0. The molecule has 1 atom stereocenters. The van der Waals surface area contributed by atoms with E-state index in [1.165, 1.54) is 18.3 Å². The highest BCUT2D eigenvalue weighted by Gasteiger charge is 2.29. The summed E-state index contributed by atoms with van der Waals surface area (Å²) in [7, 11) is 0. The molecule has 164 valence electrons. The van der Waals surface area contributed by atoms with Crippen molar-refractivity contribution >= 4 is 23.3 Å². The summed E-state index contributed by atoms with van der Waals surface area (Å²) in [6, 6.07) is 7.59. The average molecular weight is 426 g/mol. The van der Waals surface area contributed by atoms with Crippen LogP contribution in [0.2, 0.25) is 0 Å². The van der Waals surface area contributed by atoms with E-state index in [2.05, 4.69) is 15.6 Å². The maximum absolute atomic E-state index is 13.2. The van der Waals surface area contributed by atoms with Gasteiger partial charge in [0.2, 0.25) is 5.91 Å². The van der Waals surface area contributed by atoms with Gasteiger partial charge in [0, 0.05) is 26.0 Å². The Bertz CT molecular complexity index is 944. The molecule has 0 radical (unpaired) electrons. The molecule has 3 heterocycles. The van der Waals surface area contributed by atoms with Crippen LogP contribution in [-0.4, -0.2) is 43.1 Å². The Morgan fingerprint density at radius 2 is 2.06 bits per heavy atom. The van der Waals surface area contributed by atoms with Crippen LogP contribution in [0.5, 0.6) is 0 Å². The van der Waals surface area contributed by atoms with E-state index in [4.69, 9.17) is 4.74 Å². The normalized spacial score (nSPS) is 17.6. The highest BCUT2D eigenvalue weighted by molar-refractivity contribution is 6.04. The molecule has 1 saturated heterocycles. The number of nitrogens with one attached hydrogen (secondary N) is 2. The van der Waals surface area contributed by atoms with Crippen molar-refractivity contribution in [1.29, 1.82) is 0 Å². The fourth-order valence-corrected chi connectivity index (χ4v) is 4.05. The van der Waals surface area contributed by atoms with Crippen molar-refractivity contribution in [2.75, 3.05) is 36.5 Å². The van der Waals surface area contributed by atoms with E-state index in [-0.39, 0.29) is 30.2 Å². The van der Waals surface area contributed by atoms with Gasteiger partial charge in [-0.15, -0.1) is 0 Å². The number of ether oxygens (including phenoxy) is 1. The van der Waals surface area contributed by atoms with Gasteiger partial charge in [0.05, 0.1) is 23.8 Å². The molecule has 4 rings (SSSR count). The van der Waals surface area contributed by atoms with Crippen molar-refractivity contribution in [3.05, 3.63) is 53.5 Å². The molecule has 7 nitrogen and oxygen atoms in total. The second-order valence-electron chi connectivity index (χ2n) is 7.99. The number of nitrogens with zero attached hydrogens (tertiary/aromatic N) is 2. The highest BCUT2D eigenvalue weighted by atomic mass is 19.1. The second kappa shape index (κ2) is 9.43. The fourth-order valence-electron chi connectivity index (χ4n) is 4.05. The number of anilines is 2. The quantitative estimate of drug-likeness (QED) is 0.741. The highest BCUT2D eigenvalue weighted by Crippen LogP contribution is 2.31. The lowest BCUT2D eigenvalue weighted by Crippen LogP contribution is -2.44. The third kappa shape index (κ3) is 4.85. The van der Waals surface area contributed by atoms with Crippen LogP contribution in [-0.2, 0) is 9.53 Å². The van der Waals surface area contributed by atoms with Crippen LogP contribution in [0.1, 0.15) is 48.1 Å². The third-order valence-corrected chi connectivity index (χ3v) is 5.90. The minimum absolute atomic E-state index is 0.0314. The van der Waals surface area contributed by atoms with Crippen molar-refractivity contribution in [2.24, 2.45) is 5.92 Å². The van der Waals surface area contributed by atoms with E-state index in [1.54, 1.807) is 23.1 Å². The lowest BCUT2D eigenvalue weighted by atomic mass is 9.99. The molecule has 0 aliphatic carbocycles. The number of rotatable bonds is 6. The first-order chi connectivity index (χ1) is 15.0. The number of benzene rings is 1. The van der Waals surface area contributed by atoms with E-state index >= 15 is 0 Å². The number of hydrogen-bond acceptors (Lipinski definition) is 5. The predicted octanol–water partition coefficient (Wildman–Crippen LogP) is 3.29. The fraction of sp³-hybridized carbons (Fsp3) is 0.435. The Morgan fingerprint density at radius 3 is 2.77 bits per heavy atom. The molecule has 1 aromatic carbocycles. The Morgan fingerprint density at radius 1 is 1.32 bits per heavy atom. The molecule has 8 heteroatoms. The molecule has 1 aromatic heterocycles. The van der Waals surface area contributed by atoms with Crippen LogP contribution >= 0.6 is 0 Å².